The number of imide groups is 1. The maximum absolute atomic E-state index is 12.9. The second-order valence-corrected chi connectivity index (χ2v) is 17.4. The van der Waals surface area contributed by atoms with E-state index >= 15 is 0 Å². The minimum Gasteiger partial charge on any atom is -0.444 e. The Morgan fingerprint density at radius 3 is 1.94 bits per heavy atom. The molecule has 0 aliphatic carbocycles. The lowest BCUT2D eigenvalue weighted by molar-refractivity contribution is -0.138. The van der Waals surface area contributed by atoms with E-state index in [0.717, 1.165) is 4.90 Å². The maximum atomic E-state index is 12.9. The molecule has 0 aromatic rings. The van der Waals surface area contributed by atoms with Crippen molar-refractivity contribution in [3.05, 3.63) is 0 Å². The molecule has 1 aliphatic heterocycles. The third kappa shape index (κ3) is 8.85. The van der Waals surface area contributed by atoms with Crippen LogP contribution in [0.1, 0.15) is 75.2 Å². The Morgan fingerprint density at radius 1 is 1.00 bits per heavy atom. The first-order valence-electron chi connectivity index (χ1n) is 11.9. The van der Waals surface area contributed by atoms with Crippen molar-refractivity contribution in [2.24, 2.45) is 0 Å². The van der Waals surface area contributed by atoms with Gasteiger partial charge in [0.25, 0.3) is 5.91 Å². The quantitative estimate of drug-likeness (QED) is 0.551. The molecule has 1 rings (SSSR count). The van der Waals surface area contributed by atoms with Crippen molar-refractivity contribution in [1.29, 1.82) is 0 Å². The predicted octanol–water partition coefficient (Wildman–Crippen LogP) is 4.53. The average molecular weight is 503 g/mol. The minimum atomic E-state index is -2.11. The number of likely N-dealkylation sites (N-methyl/N-ethyl adjacent to an activating group) is 1. The first-order chi connectivity index (χ1) is 15.0. The fourth-order valence-electron chi connectivity index (χ4n) is 3.32. The Labute approximate surface area is 206 Å². The van der Waals surface area contributed by atoms with Gasteiger partial charge in [0.15, 0.2) is 8.32 Å². The molecule has 3 atom stereocenters. The number of ether oxygens (including phenoxy) is 2. The Balaban J connectivity index is 3.02. The second kappa shape index (κ2) is 10.5. The van der Waals surface area contributed by atoms with Crippen LogP contribution in [0.2, 0.25) is 18.1 Å². The fourth-order valence-corrected chi connectivity index (χ4v) is 4.68. The monoisotopic (exact) mass is 502 g/mol. The number of hydrogen-bond donors (Lipinski definition) is 1. The molecule has 198 valence electrons. The highest BCUT2D eigenvalue weighted by Gasteiger charge is 2.45. The Morgan fingerprint density at radius 2 is 1.50 bits per heavy atom. The highest BCUT2D eigenvalue weighted by molar-refractivity contribution is 6.74. The molecule has 34 heavy (non-hydrogen) atoms. The summed E-state index contributed by atoms with van der Waals surface area (Å²) in [5.74, 6) is -0.785. The zero-order valence-electron chi connectivity index (χ0n) is 23.1. The molecule has 3 amide bonds. The van der Waals surface area contributed by atoms with E-state index in [9.17, 15) is 19.5 Å². The number of amides is 3. The first-order valence-corrected chi connectivity index (χ1v) is 14.8. The van der Waals surface area contributed by atoms with Crippen LogP contribution in [0.15, 0.2) is 0 Å². The molecular weight excluding hydrogens is 456 g/mol. The van der Waals surface area contributed by atoms with Gasteiger partial charge in [-0.1, -0.05) is 20.8 Å². The van der Waals surface area contributed by atoms with Crippen molar-refractivity contribution in [1.82, 2.24) is 9.80 Å². The lowest BCUT2D eigenvalue weighted by atomic mass is 10.1. The third-order valence-corrected chi connectivity index (χ3v) is 10.6. The van der Waals surface area contributed by atoms with Crippen molar-refractivity contribution in [3.63, 3.8) is 0 Å². The number of likely N-dealkylation sites (tertiary alicyclic amines) is 1. The van der Waals surface area contributed by atoms with Crippen LogP contribution >= 0.6 is 0 Å². The molecule has 0 saturated carbocycles. The molecule has 0 aromatic carbocycles. The van der Waals surface area contributed by atoms with Gasteiger partial charge in [-0.2, -0.15) is 0 Å². The van der Waals surface area contributed by atoms with E-state index in [0.29, 0.717) is 13.0 Å². The molecule has 1 aliphatic rings. The number of nitrogens with zero attached hydrogens (tertiary/aromatic N) is 2. The summed E-state index contributed by atoms with van der Waals surface area (Å²) in [6, 6.07) is -0.476. The zero-order valence-corrected chi connectivity index (χ0v) is 24.1. The summed E-state index contributed by atoms with van der Waals surface area (Å²) in [5, 5.41) is 10.7. The van der Waals surface area contributed by atoms with Gasteiger partial charge < -0.3 is 23.9 Å². The van der Waals surface area contributed by atoms with Crippen molar-refractivity contribution in [2.75, 3.05) is 13.6 Å². The SMILES string of the molecule is CN(C(=O)OC(C)(C)C)C(=O)C(O)C[C@H]1C[C@@H](O[Si](C)(C)C(C)(C)C)CN1C(=O)OC(C)(C)C. The number of aliphatic hydroxyl groups is 1. The summed E-state index contributed by atoms with van der Waals surface area (Å²) in [7, 11) is -0.839. The van der Waals surface area contributed by atoms with E-state index in [1.165, 1.54) is 11.9 Å². The van der Waals surface area contributed by atoms with Gasteiger partial charge in [0, 0.05) is 26.1 Å². The van der Waals surface area contributed by atoms with E-state index in [4.69, 9.17) is 13.9 Å². The average Bonchev–Trinajstić information content (AvgIpc) is 2.98. The largest absolute Gasteiger partial charge is 0.444 e. The van der Waals surface area contributed by atoms with E-state index in [1.54, 1.807) is 41.5 Å². The first kappa shape index (κ1) is 30.4. The van der Waals surface area contributed by atoms with Gasteiger partial charge in [-0.15, -0.1) is 0 Å². The smallest absolute Gasteiger partial charge is 0.416 e. The fraction of sp³-hybridized carbons (Fsp3) is 0.875. The second-order valence-electron chi connectivity index (χ2n) is 12.7. The Kier molecular flexibility index (Phi) is 9.41. The van der Waals surface area contributed by atoms with Crippen molar-refractivity contribution in [2.45, 2.75) is 123 Å². The van der Waals surface area contributed by atoms with E-state index in [-0.39, 0.29) is 17.6 Å². The molecule has 0 radical (unpaired) electrons. The summed E-state index contributed by atoms with van der Waals surface area (Å²) in [5.41, 5.74) is -1.46. The molecule has 1 heterocycles. The van der Waals surface area contributed by atoms with E-state index < -0.39 is 49.8 Å². The molecular formula is C24H46N2O7Si. The number of aliphatic hydroxyl groups excluding tert-OH is 1. The van der Waals surface area contributed by atoms with Crippen LogP contribution in [0, 0.1) is 0 Å². The Hall–Kier alpha value is -1.65. The number of hydrogen-bond acceptors (Lipinski definition) is 7. The van der Waals surface area contributed by atoms with Gasteiger partial charge in [-0.05, 0) is 66.1 Å². The summed E-state index contributed by atoms with van der Waals surface area (Å²) < 4.78 is 17.3. The lowest BCUT2D eigenvalue weighted by Gasteiger charge is -2.38. The number of carbonyl (C=O) groups excluding carboxylic acids is 3. The Bertz CT molecular complexity index is 750. The van der Waals surface area contributed by atoms with Crippen molar-refractivity contribution in [3.8, 4) is 0 Å². The van der Waals surface area contributed by atoms with Crippen LogP contribution in [-0.2, 0) is 18.7 Å². The van der Waals surface area contributed by atoms with Crippen LogP contribution in [0.5, 0.6) is 0 Å². The standard InChI is InChI=1S/C24H46N2O7Si/c1-22(2,3)31-20(29)25(10)19(28)18(27)14-16-13-17(33-34(11,12)24(7,8)9)15-26(16)21(30)32-23(4,5)6/h16-18,27H,13-15H2,1-12H3/t16-,17-,18?/m1/s1. The van der Waals surface area contributed by atoms with Crippen LogP contribution in [0.3, 0.4) is 0 Å². The van der Waals surface area contributed by atoms with Crippen LogP contribution < -0.4 is 0 Å². The zero-order chi connectivity index (χ0) is 26.9. The van der Waals surface area contributed by atoms with Crippen LogP contribution in [0.25, 0.3) is 0 Å². The molecule has 10 heteroatoms. The third-order valence-electron chi connectivity index (χ3n) is 6.05. The van der Waals surface area contributed by atoms with Crippen molar-refractivity contribution >= 4 is 26.4 Å². The van der Waals surface area contributed by atoms with Gasteiger partial charge in [0.05, 0.1) is 6.10 Å². The maximum Gasteiger partial charge on any atom is 0.416 e. The molecule has 9 nitrogen and oxygen atoms in total. The number of carbonyl (C=O) groups is 3. The highest BCUT2D eigenvalue weighted by Crippen LogP contribution is 2.39. The van der Waals surface area contributed by atoms with E-state index in [2.05, 4.69) is 33.9 Å². The topological polar surface area (TPSA) is 106 Å². The van der Waals surface area contributed by atoms with Crippen LogP contribution in [0.4, 0.5) is 9.59 Å². The highest BCUT2D eigenvalue weighted by atomic mass is 28.4. The predicted molar refractivity (Wildman–Crippen MR) is 133 cm³/mol. The van der Waals surface area contributed by atoms with Gasteiger partial charge >= 0.3 is 12.2 Å². The number of rotatable bonds is 5. The molecule has 0 spiro atoms. The van der Waals surface area contributed by atoms with E-state index in [1.807, 2.05) is 0 Å². The summed E-state index contributed by atoms with van der Waals surface area (Å²) in [4.78, 5) is 40.2. The van der Waals surface area contributed by atoms with Crippen LogP contribution in [-0.4, -0.2) is 84.4 Å². The lowest BCUT2D eigenvalue weighted by Crippen LogP contribution is -2.46. The van der Waals surface area contributed by atoms with Gasteiger partial charge in [-0.3, -0.25) is 4.79 Å². The minimum absolute atomic E-state index is 0.00650. The molecule has 1 N–H and O–H groups in total. The van der Waals surface area contributed by atoms with Gasteiger partial charge in [-0.25, -0.2) is 14.5 Å². The van der Waals surface area contributed by atoms with Crippen molar-refractivity contribution < 1.29 is 33.4 Å². The summed E-state index contributed by atoms with van der Waals surface area (Å²) in [6.07, 6.45) is -2.65. The molecule has 1 fully saturated rings. The van der Waals surface area contributed by atoms with Gasteiger partial charge in [0.2, 0.25) is 0 Å². The normalized spacial score (nSPS) is 20.7. The molecule has 0 aromatic heterocycles. The molecule has 1 saturated heterocycles. The summed E-state index contributed by atoms with van der Waals surface area (Å²) in [6.45, 7) is 21.5. The molecule has 0 bridgehead atoms. The summed E-state index contributed by atoms with van der Waals surface area (Å²) >= 11 is 0. The molecule has 1 unspecified atom stereocenters. The van der Waals surface area contributed by atoms with Gasteiger partial charge in [0.1, 0.15) is 17.3 Å².